The van der Waals surface area contributed by atoms with Gasteiger partial charge in [0.2, 0.25) is 15.9 Å². The highest BCUT2D eigenvalue weighted by Crippen LogP contribution is 2.18. The number of carbonyl (C=O) groups excluding carboxylic acids is 1. The Morgan fingerprint density at radius 1 is 1.27 bits per heavy atom. The van der Waals surface area contributed by atoms with E-state index >= 15 is 0 Å². The van der Waals surface area contributed by atoms with Crippen LogP contribution < -0.4 is 5.32 Å². The van der Waals surface area contributed by atoms with Gasteiger partial charge in [-0.3, -0.25) is 4.79 Å². The maximum Gasteiger partial charge on any atom is 0.235 e. The molecule has 0 heterocycles. The first-order valence-corrected chi connectivity index (χ1v) is 9.31. The van der Waals surface area contributed by atoms with Gasteiger partial charge in [-0.2, -0.15) is 4.31 Å². The van der Waals surface area contributed by atoms with Gasteiger partial charge in [0.25, 0.3) is 0 Å². The Balaban J connectivity index is 2.83. The number of carbonyl (C=O) groups is 1. The van der Waals surface area contributed by atoms with Crippen molar-refractivity contribution in [3.63, 3.8) is 0 Å². The van der Waals surface area contributed by atoms with E-state index in [1.807, 2.05) is 20.8 Å². The average molecular weight is 347 g/mol. The topological polar surface area (TPSA) is 66.5 Å². The number of benzene rings is 1. The molecular weight excluding hydrogens is 324 g/mol. The van der Waals surface area contributed by atoms with Gasteiger partial charge in [-0.1, -0.05) is 43.6 Å². The van der Waals surface area contributed by atoms with Crippen molar-refractivity contribution in [2.75, 3.05) is 12.8 Å². The molecule has 1 aromatic rings. The van der Waals surface area contributed by atoms with Crippen molar-refractivity contribution in [1.82, 2.24) is 9.62 Å². The first kappa shape index (κ1) is 18.9. The number of hydrogen-bond donors (Lipinski definition) is 1. The second-order valence-corrected chi connectivity index (χ2v) is 8.11. The lowest BCUT2D eigenvalue weighted by molar-refractivity contribution is -0.122. The fourth-order valence-corrected chi connectivity index (χ4v) is 2.65. The average Bonchev–Trinajstić information content (AvgIpc) is 2.39. The van der Waals surface area contributed by atoms with E-state index in [0.29, 0.717) is 10.6 Å². The van der Waals surface area contributed by atoms with Crippen molar-refractivity contribution in [3.8, 4) is 0 Å². The minimum atomic E-state index is -3.52. The lowest BCUT2D eigenvalue weighted by Gasteiger charge is -2.23. The van der Waals surface area contributed by atoms with Crippen LogP contribution in [-0.2, 0) is 21.4 Å². The van der Waals surface area contributed by atoms with Crippen molar-refractivity contribution < 1.29 is 13.2 Å². The number of nitrogens with one attached hydrogen (secondary N) is 1. The van der Waals surface area contributed by atoms with Crippen molar-refractivity contribution in [1.29, 1.82) is 0 Å². The predicted octanol–water partition coefficient (Wildman–Crippen LogP) is 2.26. The zero-order valence-electron chi connectivity index (χ0n) is 13.3. The van der Waals surface area contributed by atoms with Gasteiger partial charge in [-0.15, -0.1) is 0 Å². The predicted molar refractivity (Wildman–Crippen MR) is 89.1 cm³/mol. The summed E-state index contributed by atoms with van der Waals surface area (Å²) < 4.78 is 24.9. The van der Waals surface area contributed by atoms with Crippen LogP contribution in [0.1, 0.15) is 26.3 Å². The van der Waals surface area contributed by atoms with Crippen molar-refractivity contribution >= 4 is 27.5 Å². The van der Waals surface area contributed by atoms with Gasteiger partial charge in [0.15, 0.2) is 0 Å². The smallest absolute Gasteiger partial charge is 0.235 e. The van der Waals surface area contributed by atoms with Crippen molar-refractivity contribution in [3.05, 3.63) is 34.9 Å². The Labute approximate surface area is 137 Å². The molecule has 0 bridgehead atoms. The molecule has 0 aromatic heterocycles. The number of nitrogens with zero attached hydrogens (tertiary/aromatic N) is 1. The Morgan fingerprint density at radius 2 is 1.86 bits per heavy atom. The first-order valence-electron chi connectivity index (χ1n) is 7.09. The number of amides is 1. The van der Waals surface area contributed by atoms with Crippen LogP contribution >= 0.6 is 11.6 Å². The van der Waals surface area contributed by atoms with Crippen molar-refractivity contribution in [2.45, 2.75) is 33.4 Å². The quantitative estimate of drug-likeness (QED) is 0.823. The molecule has 22 heavy (non-hydrogen) atoms. The summed E-state index contributed by atoms with van der Waals surface area (Å²) in [5.41, 5.74) is 0.666. The van der Waals surface area contributed by atoms with Crippen LogP contribution in [0.4, 0.5) is 0 Å². The number of halogens is 1. The Kier molecular flexibility index (Phi) is 6.84. The van der Waals surface area contributed by atoms with Crippen LogP contribution in [0, 0.1) is 5.92 Å². The highest BCUT2D eigenvalue weighted by Gasteiger charge is 2.22. The second kappa shape index (κ2) is 7.94. The Hall–Kier alpha value is -1.11. The minimum Gasteiger partial charge on any atom is -0.352 e. The summed E-state index contributed by atoms with van der Waals surface area (Å²) in [4.78, 5) is 12.0. The Bertz CT molecular complexity index is 617. The van der Waals surface area contributed by atoms with Gasteiger partial charge in [0.1, 0.15) is 0 Å². The molecule has 1 aromatic carbocycles. The number of rotatable bonds is 7. The van der Waals surface area contributed by atoms with Gasteiger partial charge in [-0.05, 0) is 24.5 Å². The van der Waals surface area contributed by atoms with Crippen LogP contribution in [0.2, 0.25) is 5.02 Å². The van der Waals surface area contributed by atoms with E-state index in [0.717, 1.165) is 10.6 Å². The summed E-state index contributed by atoms with van der Waals surface area (Å²) in [5, 5.41) is 3.28. The molecule has 1 amide bonds. The molecule has 1 rings (SSSR count). The molecule has 0 saturated carbocycles. The third-order valence-corrected chi connectivity index (χ3v) is 5.05. The highest BCUT2D eigenvalue weighted by molar-refractivity contribution is 7.88. The largest absolute Gasteiger partial charge is 0.352 e. The third-order valence-electron chi connectivity index (χ3n) is 3.48. The summed E-state index contributed by atoms with van der Waals surface area (Å²) in [7, 11) is -3.52. The number of sulfonamides is 1. The van der Waals surface area contributed by atoms with E-state index in [4.69, 9.17) is 11.6 Å². The normalized spacial score (nSPS) is 13.4. The fourth-order valence-electron chi connectivity index (χ4n) is 1.73. The van der Waals surface area contributed by atoms with Gasteiger partial charge in [0.05, 0.1) is 12.8 Å². The van der Waals surface area contributed by atoms with Gasteiger partial charge in [-0.25, -0.2) is 8.42 Å². The first-order chi connectivity index (χ1) is 10.1. The molecule has 0 aliphatic heterocycles. The standard InChI is InChI=1S/C15H23ClN2O3S/c1-11(2)12(3)17-15(19)10-18(22(4,20)21)9-13-7-5-6-8-14(13)16/h5-8,11-12H,9-10H2,1-4H3,(H,17,19). The van der Waals surface area contributed by atoms with Crippen LogP contribution in [0.5, 0.6) is 0 Å². The van der Waals surface area contributed by atoms with E-state index in [1.165, 1.54) is 0 Å². The second-order valence-electron chi connectivity index (χ2n) is 5.72. The maximum atomic E-state index is 12.0. The molecule has 0 fully saturated rings. The zero-order chi connectivity index (χ0) is 16.9. The molecule has 0 aliphatic carbocycles. The van der Waals surface area contributed by atoms with E-state index < -0.39 is 10.0 Å². The molecule has 1 unspecified atom stereocenters. The van der Waals surface area contributed by atoms with E-state index in [-0.39, 0.29) is 31.0 Å². The lowest BCUT2D eigenvalue weighted by atomic mass is 10.1. The lowest BCUT2D eigenvalue weighted by Crippen LogP contribution is -2.44. The Morgan fingerprint density at radius 3 is 2.36 bits per heavy atom. The van der Waals surface area contributed by atoms with E-state index in [1.54, 1.807) is 24.3 Å². The molecule has 1 N–H and O–H groups in total. The van der Waals surface area contributed by atoms with Gasteiger partial charge >= 0.3 is 0 Å². The van der Waals surface area contributed by atoms with Crippen LogP contribution in [-0.4, -0.2) is 37.5 Å². The summed E-state index contributed by atoms with van der Waals surface area (Å²) in [6, 6.07) is 6.97. The molecule has 124 valence electrons. The summed E-state index contributed by atoms with van der Waals surface area (Å²) in [5.74, 6) is -0.0436. The highest BCUT2D eigenvalue weighted by atomic mass is 35.5. The summed E-state index contributed by atoms with van der Waals surface area (Å²) in [6.07, 6.45) is 1.09. The molecule has 7 heteroatoms. The monoisotopic (exact) mass is 346 g/mol. The maximum absolute atomic E-state index is 12.0. The zero-order valence-corrected chi connectivity index (χ0v) is 14.9. The molecule has 0 spiro atoms. The SMILES string of the molecule is CC(C)C(C)NC(=O)CN(Cc1ccccc1Cl)S(C)(=O)=O. The molecule has 1 atom stereocenters. The fraction of sp³-hybridized carbons (Fsp3) is 0.533. The molecule has 0 radical (unpaired) electrons. The summed E-state index contributed by atoms with van der Waals surface area (Å²) >= 11 is 6.06. The number of hydrogen-bond acceptors (Lipinski definition) is 3. The van der Waals surface area contributed by atoms with E-state index in [9.17, 15) is 13.2 Å². The van der Waals surface area contributed by atoms with E-state index in [2.05, 4.69) is 5.32 Å². The molecule has 0 saturated heterocycles. The van der Waals surface area contributed by atoms with Crippen LogP contribution in [0.3, 0.4) is 0 Å². The van der Waals surface area contributed by atoms with Gasteiger partial charge < -0.3 is 5.32 Å². The third kappa shape index (κ3) is 5.94. The molecular formula is C15H23ClN2O3S. The van der Waals surface area contributed by atoms with Crippen LogP contribution in [0.15, 0.2) is 24.3 Å². The minimum absolute atomic E-state index is 0.0192. The van der Waals surface area contributed by atoms with Gasteiger partial charge in [0, 0.05) is 17.6 Å². The molecule has 5 nitrogen and oxygen atoms in total. The summed E-state index contributed by atoms with van der Waals surface area (Å²) in [6.45, 7) is 5.72. The molecule has 0 aliphatic rings. The van der Waals surface area contributed by atoms with Crippen molar-refractivity contribution in [2.24, 2.45) is 5.92 Å². The van der Waals surface area contributed by atoms with Crippen LogP contribution in [0.25, 0.3) is 0 Å².